The average molecular weight is 421 g/mol. The van der Waals surface area contributed by atoms with Gasteiger partial charge in [-0.05, 0) is 42.5 Å². The second-order valence-corrected chi connectivity index (χ2v) is 6.84. The lowest BCUT2D eigenvalue weighted by Gasteiger charge is -2.34. The number of halogens is 2. The monoisotopic (exact) mass is 420 g/mol. The summed E-state index contributed by atoms with van der Waals surface area (Å²) in [7, 11) is 0. The van der Waals surface area contributed by atoms with Crippen molar-refractivity contribution in [3.63, 3.8) is 0 Å². The van der Waals surface area contributed by atoms with Crippen LogP contribution in [0.15, 0.2) is 53.0 Å². The van der Waals surface area contributed by atoms with Crippen molar-refractivity contribution in [2.24, 2.45) is 0 Å². The Morgan fingerprint density at radius 1 is 1.00 bits per heavy atom. The van der Waals surface area contributed by atoms with E-state index in [-0.39, 0.29) is 18.4 Å². The van der Waals surface area contributed by atoms with Crippen molar-refractivity contribution >= 4 is 27.7 Å². The molecular weight excluding hydrogens is 403 g/mol. The Kier molecular flexibility index (Phi) is 5.88. The van der Waals surface area contributed by atoms with Gasteiger partial charge in [-0.3, -0.25) is 9.59 Å². The van der Waals surface area contributed by atoms with Gasteiger partial charge in [0.2, 0.25) is 0 Å². The molecule has 26 heavy (non-hydrogen) atoms. The minimum Gasteiger partial charge on any atom is -0.484 e. The van der Waals surface area contributed by atoms with Crippen LogP contribution in [0.5, 0.6) is 5.75 Å². The molecule has 3 rings (SSSR count). The third kappa shape index (κ3) is 4.60. The van der Waals surface area contributed by atoms with E-state index in [9.17, 15) is 14.0 Å². The van der Waals surface area contributed by atoms with E-state index < -0.39 is 5.82 Å². The molecule has 0 aliphatic carbocycles. The maximum atomic E-state index is 13.3. The van der Waals surface area contributed by atoms with E-state index in [1.165, 1.54) is 18.2 Å². The average Bonchev–Trinajstić information content (AvgIpc) is 2.67. The molecule has 1 aliphatic heterocycles. The first-order valence-electron chi connectivity index (χ1n) is 8.24. The fourth-order valence-electron chi connectivity index (χ4n) is 2.73. The maximum absolute atomic E-state index is 13.3. The van der Waals surface area contributed by atoms with Crippen LogP contribution in [-0.2, 0) is 4.79 Å². The molecule has 5 nitrogen and oxygen atoms in total. The summed E-state index contributed by atoms with van der Waals surface area (Å²) >= 11 is 3.34. The summed E-state index contributed by atoms with van der Waals surface area (Å²) in [5.74, 6) is -0.148. The van der Waals surface area contributed by atoms with Crippen LogP contribution in [0.25, 0.3) is 0 Å². The molecule has 0 N–H and O–H groups in total. The minimum atomic E-state index is -0.435. The van der Waals surface area contributed by atoms with E-state index in [2.05, 4.69) is 15.9 Å². The molecule has 0 saturated carbocycles. The molecule has 0 atom stereocenters. The standard InChI is InChI=1S/C19H18BrFN2O3/c20-15-4-6-17(7-5-15)26-13-18(24)22-8-10-23(11-9-22)19(25)14-2-1-3-16(21)12-14/h1-7,12H,8-11,13H2. The van der Waals surface area contributed by atoms with E-state index in [4.69, 9.17) is 4.74 Å². The molecule has 0 radical (unpaired) electrons. The molecule has 2 amide bonds. The number of rotatable bonds is 4. The third-order valence-corrected chi connectivity index (χ3v) is 4.70. The van der Waals surface area contributed by atoms with Crippen molar-refractivity contribution in [1.29, 1.82) is 0 Å². The van der Waals surface area contributed by atoms with Crippen LogP contribution in [0.2, 0.25) is 0 Å². The summed E-state index contributed by atoms with van der Waals surface area (Å²) in [4.78, 5) is 28.0. The lowest BCUT2D eigenvalue weighted by atomic mass is 10.1. The van der Waals surface area contributed by atoms with Crippen molar-refractivity contribution in [2.45, 2.75) is 0 Å². The highest BCUT2D eigenvalue weighted by Crippen LogP contribution is 2.16. The summed E-state index contributed by atoms with van der Waals surface area (Å²) in [6, 6.07) is 12.9. The van der Waals surface area contributed by atoms with Crippen LogP contribution in [0.3, 0.4) is 0 Å². The van der Waals surface area contributed by atoms with Gasteiger partial charge in [-0.25, -0.2) is 4.39 Å². The van der Waals surface area contributed by atoms with Crippen molar-refractivity contribution in [2.75, 3.05) is 32.8 Å². The molecule has 1 aliphatic rings. The van der Waals surface area contributed by atoms with Crippen molar-refractivity contribution < 1.29 is 18.7 Å². The number of ether oxygens (including phenoxy) is 1. The number of benzene rings is 2. The lowest BCUT2D eigenvalue weighted by Crippen LogP contribution is -2.51. The fraction of sp³-hybridized carbons (Fsp3) is 0.263. The topological polar surface area (TPSA) is 49.9 Å². The zero-order chi connectivity index (χ0) is 18.5. The lowest BCUT2D eigenvalue weighted by molar-refractivity contribution is -0.134. The van der Waals surface area contributed by atoms with Crippen LogP contribution in [0.4, 0.5) is 4.39 Å². The molecule has 0 aromatic heterocycles. The third-order valence-electron chi connectivity index (χ3n) is 4.17. The second-order valence-electron chi connectivity index (χ2n) is 5.93. The van der Waals surface area contributed by atoms with Gasteiger partial charge < -0.3 is 14.5 Å². The Labute approximate surface area is 159 Å². The zero-order valence-corrected chi connectivity index (χ0v) is 15.6. The molecule has 0 unspecified atom stereocenters. The van der Waals surface area contributed by atoms with Gasteiger partial charge in [-0.1, -0.05) is 22.0 Å². The summed E-state index contributed by atoms with van der Waals surface area (Å²) < 4.78 is 19.7. The van der Waals surface area contributed by atoms with Gasteiger partial charge in [0, 0.05) is 36.2 Å². The van der Waals surface area contributed by atoms with Gasteiger partial charge in [-0.15, -0.1) is 0 Å². The Morgan fingerprint density at radius 2 is 1.65 bits per heavy atom. The first-order valence-corrected chi connectivity index (χ1v) is 9.03. The predicted octanol–water partition coefficient (Wildman–Crippen LogP) is 2.95. The van der Waals surface area contributed by atoms with Gasteiger partial charge in [0.15, 0.2) is 6.61 Å². The quantitative estimate of drug-likeness (QED) is 0.763. The molecule has 136 valence electrons. The van der Waals surface area contributed by atoms with Gasteiger partial charge in [-0.2, -0.15) is 0 Å². The number of hydrogen-bond donors (Lipinski definition) is 0. The van der Waals surface area contributed by atoms with Gasteiger partial charge in [0.25, 0.3) is 11.8 Å². The normalized spacial score (nSPS) is 14.2. The molecular formula is C19H18BrFN2O3. The molecule has 1 saturated heterocycles. The number of carbonyl (C=O) groups excluding carboxylic acids is 2. The number of hydrogen-bond acceptors (Lipinski definition) is 3. The van der Waals surface area contributed by atoms with E-state index in [1.54, 1.807) is 28.0 Å². The molecule has 1 fully saturated rings. The first-order chi connectivity index (χ1) is 12.5. The van der Waals surface area contributed by atoms with Crippen LogP contribution in [-0.4, -0.2) is 54.4 Å². The Hall–Kier alpha value is -2.41. The fourth-order valence-corrected chi connectivity index (χ4v) is 2.99. The number of amides is 2. The van der Waals surface area contributed by atoms with Crippen molar-refractivity contribution in [1.82, 2.24) is 9.80 Å². The molecule has 0 spiro atoms. The Bertz CT molecular complexity index is 790. The number of carbonyl (C=O) groups is 2. The number of piperazine rings is 1. The van der Waals surface area contributed by atoms with E-state index in [0.29, 0.717) is 37.5 Å². The predicted molar refractivity (Wildman–Crippen MR) is 98.5 cm³/mol. The van der Waals surface area contributed by atoms with E-state index >= 15 is 0 Å². The highest BCUT2D eigenvalue weighted by atomic mass is 79.9. The number of nitrogens with zero attached hydrogens (tertiary/aromatic N) is 2. The van der Waals surface area contributed by atoms with Crippen LogP contribution < -0.4 is 4.74 Å². The van der Waals surface area contributed by atoms with Crippen LogP contribution in [0.1, 0.15) is 10.4 Å². The van der Waals surface area contributed by atoms with E-state index in [0.717, 1.165) is 4.47 Å². The summed E-state index contributed by atoms with van der Waals surface area (Å²) in [5, 5.41) is 0. The van der Waals surface area contributed by atoms with Crippen molar-refractivity contribution in [3.05, 3.63) is 64.4 Å². The molecule has 0 bridgehead atoms. The van der Waals surface area contributed by atoms with Crippen LogP contribution in [0, 0.1) is 5.82 Å². The van der Waals surface area contributed by atoms with Gasteiger partial charge >= 0.3 is 0 Å². The van der Waals surface area contributed by atoms with Crippen molar-refractivity contribution in [3.8, 4) is 5.75 Å². The molecule has 2 aromatic carbocycles. The molecule has 1 heterocycles. The van der Waals surface area contributed by atoms with Crippen LogP contribution >= 0.6 is 15.9 Å². The first kappa shape index (κ1) is 18.4. The summed E-state index contributed by atoms with van der Waals surface area (Å²) in [6.07, 6.45) is 0. The summed E-state index contributed by atoms with van der Waals surface area (Å²) in [5.41, 5.74) is 0.323. The maximum Gasteiger partial charge on any atom is 0.260 e. The highest BCUT2D eigenvalue weighted by Gasteiger charge is 2.25. The van der Waals surface area contributed by atoms with E-state index in [1.807, 2.05) is 12.1 Å². The second kappa shape index (κ2) is 8.31. The highest BCUT2D eigenvalue weighted by molar-refractivity contribution is 9.10. The van der Waals surface area contributed by atoms with Gasteiger partial charge in [0.05, 0.1) is 0 Å². The largest absolute Gasteiger partial charge is 0.484 e. The SMILES string of the molecule is O=C(COc1ccc(Br)cc1)N1CCN(C(=O)c2cccc(F)c2)CC1. The Balaban J connectivity index is 1.49. The van der Waals surface area contributed by atoms with Gasteiger partial charge in [0.1, 0.15) is 11.6 Å². The summed E-state index contributed by atoms with van der Waals surface area (Å²) in [6.45, 7) is 1.66. The smallest absolute Gasteiger partial charge is 0.260 e. The Morgan fingerprint density at radius 3 is 2.31 bits per heavy atom. The zero-order valence-electron chi connectivity index (χ0n) is 14.0. The molecule has 2 aromatic rings. The minimum absolute atomic E-state index is 0.0422. The molecule has 7 heteroatoms.